The molecule has 10 heteroatoms. The number of fused-ring (bicyclic) bond motifs is 1. The summed E-state index contributed by atoms with van der Waals surface area (Å²) in [5, 5.41) is 0. The summed E-state index contributed by atoms with van der Waals surface area (Å²) in [6, 6.07) is 0. The lowest BCUT2D eigenvalue weighted by Gasteiger charge is -2.32. The van der Waals surface area contributed by atoms with Gasteiger partial charge >= 0.3 is 5.69 Å². The number of likely N-dealkylation sites (tertiary alicyclic amines) is 1. The van der Waals surface area contributed by atoms with E-state index in [9.17, 15) is 14.4 Å². The summed E-state index contributed by atoms with van der Waals surface area (Å²) in [4.78, 5) is 47.9. The third-order valence-corrected chi connectivity index (χ3v) is 6.06. The Morgan fingerprint density at radius 2 is 1.83 bits per heavy atom. The van der Waals surface area contributed by atoms with Crippen molar-refractivity contribution in [2.75, 3.05) is 13.1 Å². The molecular weight excluding hydrogens is 386 g/mol. The summed E-state index contributed by atoms with van der Waals surface area (Å²) in [5.41, 5.74) is -0.309. The Kier molecular flexibility index (Phi) is 5.31. The predicted octanol–water partition coefficient (Wildman–Crippen LogP) is 0.131. The highest BCUT2D eigenvalue weighted by atomic mass is 16.2. The first-order valence-corrected chi connectivity index (χ1v) is 10.3. The standard InChI is InChI=1S/C20H27N7O3/c1-4-15-21-7-10-26(15)11-14-5-8-25(9-6-14)16(28)12-27-13-22-18-17(27)19(29)24(3)20(30)23(18)2/h7,10,13-14H,4-6,8-9,11-12H2,1-3H3. The largest absolute Gasteiger partial charge is 0.341 e. The van der Waals surface area contributed by atoms with Crippen molar-refractivity contribution in [1.82, 2.24) is 33.1 Å². The van der Waals surface area contributed by atoms with E-state index in [1.54, 1.807) is 11.6 Å². The number of carbonyl (C=O) groups excluding carboxylic acids is 1. The van der Waals surface area contributed by atoms with Crippen LogP contribution < -0.4 is 11.2 Å². The van der Waals surface area contributed by atoms with Crippen LogP contribution in [0, 0.1) is 5.92 Å². The van der Waals surface area contributed by atoms with Gasteiger partial charge in [0.15, 0.2) is 11.2 Å². The molecule has 1 saturated heterocycles. The molecule has 160 valence electrons. The smallest absolute Gasteiger partial charge is 0.332 e. The van der Waals surface area contributed by atoms with Crippen molar-refractivity contribution < 1.29 is 4.79 Å². The van der Waals surface area contributed by atoms with Gasteiger partial charge in [-0.25, -0.2) is 14.8 Å². The Bertz CT molecular complexity index is 1190. The molecule has 3 aromatic rings. The van der Waals surface area contributed by atoms with Gasteiger partial charge in [-0.2, -0.15) is 0 Å². The lowest BCUT2D eigenvalue weighted by Crippen LogP contribution is -2.41. The van der Waals surface area contributed by atoms with Crippen LogP contribution in [-0.2, 0) is 38.4 Å². The van der Waals surface area contributed by atoms with Crippen molar-refractivity contribution in [1.29, 1.82) is 0 Å². The molecule has 4 heterocycles. The molecule has 0 N–H and O–H groups in total. The highest BCUT2D eigenvalue weighted by Crippen LogP contribution is 2.20. The topological polar surface area (TPSA) is 100.0 Å². The Labute approximate surface area is 173 Å². The second kappa shape index (κ2) is 7.92. The molecule has 1 aliphatic rings. The fourth-order valence-corrected chi connectivity index (χ4v) is 4.23. The van der Waals surface area contributed by atoms with Crippen molar-refractivity contribution in [3.8, 4) is 0 Å². The average Bonchev–Trinajstić information content (AvgIpc) is 3.38. The van der Waals surface area contributed by atoms with Crippen LogP contribution in [0.5, 0.6) is 0 Å². The van der Waals surface area contributed by atoms with Gasteiger partial charge in [-0.3, -0.25) is 18.7 Å². The third kappa shape index (κ3) is 3.46. The molecule has 3 aromatic heterocycles. The Balaban J connectivity index is 1.43. The van der Waals surface area contributed by atoms with Crippen molar-refractivity contribution >= 4 is 17.1 Å². The molecule has 4 rings (SSSR count). The molecule has 0 spiro atoms. The first-order chi connectivity index (χ1) is 14.4. The van der Waals surface area contributed by atoms with Gasteiger partial charge < -0.3 is 14.0 Å². The number of hydrogen-bond acceptors (Lipinski definition) is 5. The van der Waals surface area contributed by atoms with Crippen LogP contribution in [0.15, 0.2) is 28.3 Å². The van der Waals surface area contributed by atoms with Gasteiger partial charge in [0, 0.05) is 52.5 Å². The third-order valence-electron chi connectivity index (χ3n) is 6.06. The van der Waals surface area contributed by atoms with Crippen LogP contribution in [0.1, 0.15) is 25.6 Å². The number of amides is 1. The number of rotatable bonds is 5. The summed E-state index contributed by atoms with van der Waals surface area (Å²) in [6.45, 7) is 4.47. The Morgan fingerprint density at radius 3 is 2.53 bits per heavy atom. The SMILES string of the molecule is CCc1nccn1CC1CCN(C(=O)Cn2cnc3c2c(=O)n(C)c(=O)n3C)CC1. The maximum Gasteiger partial charge on any atom is 0.332 e. The molecular formula is C20H27N7O3. The lowest BCUT2D eigenvalue weighted by molar-refractivity contribution is -0.133. The van der Waals surface area contributed by atoms with Crippen molar-refractivity contribution in [3.63, 3.8) is 0 Å². The minimum atomic E-state index is -0.441. The van der Waals surface area contributed by atoms with Crippen LogP contribution in [-0.4, -0.2) is 52.1 Å². The minimum absolute atomic E-state index is 0.0378. The van der Waals surface area contributed by atoms with E-state index in [0.29, 0.717) is 24.7 Å². The molecule has 10 nitrogen and oxygen atoms in total. The molecule has 0 radical (unpaired) electrons. The minimum Gasteiger partial charge on any atom is -0.341 e. The molecule has 0 aliphatic carbocycles. The monoisotopic (exact) mass is 413 g/mol. The number of aromatic nitrogens is 6. The molecule has 0 unspecified atom stereocenters. The van der Waals surface area contributed by atoms with Crippen LogP contribution in [0.25, 0.3) is 11.2 Å². The number of nitrogens with zero attached hydrogens (tertiary/aromatic N) is 7. The van der Waals surface area contributed by atoms with Gasteiger partial charge in [-0.15, -0.1) is 0 Å². The van der Waals surface area contributed by atoms with E-state index >= 15 is 0 Å². The van der Waals surface area contributed by atoms with Gasteiger partial charge in [-0.05, 0) is 18.8 Å². The molecule has 1 amide bonds. The lowest BCUT2D eigenvalue weighted by atomic mass is 9.96. The molecule has 1 aliphatic heterocycles. The molecule has 1 fully saturated rings. The molecule has 0 bridgehead atoms. The Morgan fingerprint density at radius 1 is 1.10 bits per heavy atom. The summed E-state index contributed by atoms with van der Waals surface area (Å²) < 4.78 is 6.12. The van der Waals surface area contributed by atoms with E-state index in [0.717, 1.165) is 36.2 Å². The van der Waals surface area contributed by atoms with E-state index in [2.05, 4.69) is 21.5 Å². The van der Waals surface area contributed by atoms with E-state index in [1.165, 1.54) is 17.9 Å². The summed E-state index contributed by atoms with van der Waals surface area (Å²) >= 11 is 0. The molecule has 0 saturated carbocycles. The first kappa shape index (κ1) is 20.1. The zero-order valence-electron chi connectivity index (χ0n) is 17.6. The fourth-order valence-electron chi connectivity index (χ4n) is 4.23. The van der Waals surface area contributed by atoms with Gasteiger partial charge in [0.1, 0.15) is 12.4 Å². The second-order valence-electron chi connectivity index (χ2n) is 7.92. The predicted molar refractivity (Wildman–Crippen MR) is 111 cm³/mol. The molecule has 0 atom stereocenters. The number of aryl methyl sites for hydroxylation is 2. The second-order valence-corrected chi connectivity index (χ2v) is 7.92. The van der Waals surface area contributed by atoms with Crippen molar-refractivity contribution in [3.05, 3.63) is 45.4 Å². The number of piperidine rings is 1. The summed E-state index contributed by atoms with van der Waals surface area (Å²) in [6.07, 6.45) is 8.11. The van der Waals surface area contributed by atoms with Crippen molar-refractivity contribution in [2.45, 2.75) is 39.3 Å². The first-order valence-electron chi connectivity index (χ1n) is 10.3. The normalized spacial score (nSPS) is 15.2. The zero-order chi connectivity index (χ0) is 21.4. The fraction of sp³-hybridized carbons (Fsp3) is 0.550. The van der Waals surface area contributed by atoms with Gasteiger partial charge in [0.25, 0.3) is 5.56 Å². The highest BCUT2D eigenvalue weighted by Gasteiger charge is 2.24. The molecule has 30 heavy (non-hydrogen) atoms. The van der Waals surface area contributed by atoms with Gasteiger partial charge in [0.2, 0.25) is 5.91 Å². The van der Waals surface area contributed by atoms with Crippen LogP contribution in [0.3, 0.4) is 0 Å². The quantitative estimate of drug-likeness (QED) is 0.592. The van der Waals surface area contributed by atoms with Gasteiger partial charge in [-0.1, -0.05) is 6.92 Å². The zero-order valence-corrected chi connectivity index (χ0v) is 17.6. The maximum absolute atomic E-state index is 12.9. The van der Waals surface area contributed by atoms with E-state index < -0.39 is 11.2 Å². The van der Waals surface area contributed by atoms with E-state index in [-0.39, 0.29) is 18.0 Å². The van der Waals surface area contributed by atoms with Gasteiger partial charge in [0.05, 0.1) is 6.33 Å². The van der Waals surface area contributed by atoms with Crippen LogP contribution in [0.2, 0.25) is 0 Å². The van der Waals surface area contributed by atoms with Crippen molar-refractivity contribution in [2.24, 2.45) is 20.0 Å². The summed E-state index contributed by atoms with van der Waals surface area (Å²) in [5.74, 6) is 1.57. The number of carbonyl (C=O) groups is 1. The Hall–Kier alpha value is -3.17. The maximum atomic E-state index is 12.9. The average molecular weight is 413 g/mol. The molecule has 0 aromatic carbocycles. The summed E-state index contributed by atoms with van der Waals surface area (Å²) in [7, 11) is 3.00. The van der Waals surface area contributed by atoms with Crippen LogP contribution in [0.4, 0.5) is 0 Å². The van der Waals surface area contributed by atoms with E-state index in [1.807, 2.05) is 17.3 Å². The highest BCUT2D eigenvalue weighted by molar-refractivity contribution is 5.79. The number of imidazole rings is 2. The van der Waals surface area contributed by atoms with E-state index in [4.69, 9.17) is 0 Å². The number of hydrogen-bond donors (Lipinski definition) is 0. The van der Waals surface area contributed by atoms with Crippen LogP contribution >= 0.6 is 0 Å².